The number of hydrogen-bond donors (Lipinski definition) is 2. The highest BCUT2D eigenvalue weighted by atomic mass is 16.2. The third kappa shape index (κ3) is 3.55. The van der Waals surface area contributed by atoms with E-state index in [1.807, 2.05) is 43.3 Å². The standard InChI is InChI=1S/C21H19N5O2/c1-14(20-22-11-18(25-20)15-7-3-2-4-8-15)24-19(27)12-26-13-23-17-10-6-5-9-16(17)21(26)28/h2-11,13-14H,12H2,1H3,(H,22,25)(H,24,27)/t14-/m1/s1. The summed E-state index contributed by atoms with van der Waals surface area (Å²) in [6.45, 7) is 1.74. The first-order valence-electron chi connectivity index (χ1n) is 8.95. The van der Waals surface area contributed by atoms with Gasteiger partial charge in [0.05, 0.1) is 35.2 Å². The average Bonchev–Trinajstić information content (AvgIpc) is 3.21. The molecule has 4 rings (SSSR count). The molecule has 1 atom stereocenters. The molecule has 7 heteroatoms. The van der Waals surface area contributed by atoms with Crippen molar-refractivity contribution >= 4 is 16.8 Å². The second-order valence-corrected chi connectivity index (χ2v) is 6.53. The third-order valence-corrected chi connectivity index (χ3v) is 4.51. The van der Waals surface area contributed by atoms with E-state index >= 15 is 0 Å². The van der Waals surface area contributed by atoms with Crippen molar-refractivity contribution in [1.82, 2.24) is 24.8 Å². The van der Waals surface area contributed by atoms with Gasteiger partial charge in [0.1, 0.15) is 12.4 Å². The summed E-state index contributed by atoms with van der Waals surface area (Å²) in [6, 6.07) is 16.6. The second-order valence-electron chi connectivity index (χ2n) is 6.53. The lowest BCUT2D eigenvalue weighted by Gasteiger charge is -2.12. The van der Waals surface area contributed by atoms with Gasteiger partial charge in [-0.1, -0.05) is 42.5 Å². The Morgan fingerprint density at radius 1 is 1.11 bits per heavy atom. The minimum Gasteiger partial charge on any atom is -0.345 e. The smallest absolute Gasteiger partial charge is 0.261 e. The molecule has 0 aliphatic heterocycles. The SMILES string of the molecule is C[C@@H](NC(=O)Cn1cnc2ccccc2c1=O)c1ncc(-c2ccccc2)[nH]1. The first kappa shape index (κ1) is 17.7. The van der Waals surface area contributed by atoms with Crippen LogP contribution in [0.5, 0.6) is 0 Å². The van der Waals surface area contributed by atoms with Gasteiger partial charge in [0.2, 0.25) is 5.91 Å². The molecule has 0 unspecified atom stereocenters. The third-order valence-electron chi connectivity index (χ3n) is 4.51. The van der Waals surface area contributed by atoms with E-state index in [2.05, 4.69) is 20.3 Å². The van der Waals surface area contributed by atoms with Crippen LogP contribution in [0.15, 0.2) is 71.9 Å². The summed E-state index contributed by atoms with van der Waals surface area (Å²) in [6.07, 6.45) is 3.14. The van der Waals surface area contributed by atoms with Crippen LogP contribution in [0.2, 0.25) is 0 Å². The highest BCUT2D eigenvalue weighted by Gasteiger charge is 2.15. The number of nitrogens with zero attached hydrogens (tertiary/aromatic N) is 3. The molecule has 0 radical (unpaired) electrons. The molecule has 0 spiro atoms. The van der Waals surface area contributed by atoms with Crippen molar-refractivity contribution in [2.24, 2.45) is 0 Å². The Labute approximate surface area is 161 Å². The molecule has 28 heavy (non-hydrogen) atoms. The van der Waals surface area contributed by atoms with Gasteiger partial charge in [-0.3, -0.25) is 14.2 Å². The number of amides is 1. The predicted molar refractivity (Wildman–Crippen MR) is 107 cm³/mol. The lowest BCUT2D eigenvalue weighted by molar-refractivity contribution is -0.122. The lowest BCUT2D eigenvalue weighted by Crippen LogP contribution is -2.34. The number of nitrogens with one attached hydrogen (secondary N) is 2. The summed E-state index contributed by atoms with van der Waals surface area (Å²) in [4.78, 5) is 36.7. The lowest BCUT2D eigenvalue weighted by atomic mass is 10.2. The number of benzene rings is 2. The van der Waals surface area contributed by atoms with Gasteiger partial charge < -0.3 is 10.3 Å². The first-order chi connectivity index (χ1) is 13.6. The average molecular weight is 373 g/mol. The Hall–Kier alpha value is -3.74. The van der Waals surface area contributed by atoms with Crippen molar-refractivity contribution in [2.45, 2.75) is 19.5 Å². The number of carbonyl (C=O) groups is 1. The molecule has 1 amide bonds. The van der Waals surface area contributed by atoms with E-state index in [1.165, 1.54) is 10.9 Å². The second kappa shape index (κ2) is 7.48. The van der Waals surface area contributed by atoms with Crippen molar-refractivity contribution in [3.8, 4) is 11.3 Å². The molecule has 2 aromatic carbocycles. The quantitative estimate of drug-likeness (QED) is 0.562. The molecule has 2 heterocycles. The molecule has 2 aromatic heterocycles. The maximum Gasteiger partial charge on any atom is 0.261 e. The van der Waals surface area contributed by atoms with Crippen LogP contribution in [0.4, 0.5) is 0 Å². The van der Waals surface area contributed by atoms with E-state index in [0.717, 1.165) is 11.3 Å². The molecular formula is C21H19N5O2. The van der Waals surface area contributed by atoms with Crippen molar-refractivity contribution < 1.29 is 4.79 Å². The van der Waals surface area contributed by atoms with Crippen molar-refractivity contribution in [1.29, 1.82) is 0 Å². The van der Waals surface area contributed by atoms with Gasteiger partial charge in [-0.2, -0.15) is 0 Å². The van der Waals surface area contributed by atoms with E-state index in [-0.39, 0.29) is 24.1 Å². The van der Waals surface area contributed by atoms with Gasteiger partial charge in [-0.25, -0.2) is 9.97 Å². The first-order valence-corrected chi connectivity index (χ1v) is 8.95. The van der Waals surface area contributed by atoms with E-state index in [4.69, 9.17) is 0 Å². The van der Waals surface area contributed by atoms with Crippen LogP contribution < -0.4 is 10.9 Å². The molecule has 0 saturated carbocycles. The zero-order chi connectivity index (χ0) is 19.5. The Morgan fingerprint density at radius 2 is 1.86 bits per heavy atom. The van der Waals surface area contributed by atoms with Gasteiger partial charge in [0, 0.05) is 0 Å². The van der Waals surface area contributed by atoms with Gasteiger partial charge in [0.15, 0.2) is 0 Å². The van der Waals surface area contributed by atoms with Crippen LogP contribution >= 0.6 is 0 Å². The number of imidazole rings is 1. The number of para-hydroxylation sites is 1. The molecule has 0 fully saturated rings. The maximum atomic E-state index is 12.5. The topological polar surface area (TPSA) is 92.7 Å². The molecule has 7 nitrogen and oxygen atoms in total. The fourth-order valence-electron chi connectivity index (χ4n) is 3.05. The number of fused-ring (bicyclic) bond motifs is 1. The summed E-state index contributed by atoms with van der Waals surface area (Å²) in [5.41, 5.74) is 2.28. The molecule has 140 valence electrons. The zero-order valence-electron chi connectivity index (χ0n) is 15.3. The minimum atomic E-state index is -0.325. The highest BCUT2D eigenvalue weighted by Crippen LogP contribution is 2.18. The number of aromatic nitrogens is 4. The van der Waals surface area contributed by atoms with E-state index in [0.29, 0.717) is 16.7 Å². The van der Waals surface area contributed by atoms with Gasteiger partial charge in [0.25, 0.3) is 5.56 Å². The minimum absolute atomic E-state index is 0.104. The fourth-order valence-corrected chi connectivity index (χ4v) is 3.05. The number of rotatable bonds is 5. The monoisotopic (exact) mass is 373 g/mol. The fraction of sp³-hybridized carbons (Fsp3) is 0.143. The van der Waals surface area contributed by atoms with Crippen molar-refractivity contribution in [3.63, 3.8) is 0 Å². The number of aromatic amines is 1. The number of hydrogen-bond acceptors (Lipinski definition) is 4. The van der Waals surface area contributed by atoms with Crippen LogP contribution in [-0.2, 0) is 11.3 Å². The van der Waals surface area contributed by atoms with Gasteiger partial charge >= 0.3 is 0 Å². The summed E-state index contributed by atoms with van der Waals surface area (Å²) < 4.78 is 1.31. The highest BCUT2D eigenvalue weighted by molar-refractivity contribution is 5.79. The Bertz CT molecular complexity index is 1180. The summed E-state index contributed by atoms with van der Waals surface area (Å²) in [5.74, 6) is 0.362. The van der Waals surface area contributed by atoms with Gasteiger partial charge in [-0.15, -0.1) is 0 Å². The van der Waals surface area contributed by atoms with E-state index in [1.54, 1.807) is 24.4 Å². The van der Waals surface area contributed by atoms with Crippen molar-refractivity contribution in [2.75, 3.05) is 0 Å². The van der Waals surface area contributed by atoms with E-state index < -0.39 is 0 Å². The van der Waals surface area contributed by atoms with Crippen LogP contribution in [0.1, 0.15) is 18.8 Å². The molecule has 4 aromatic rings. The normalized spacial score (nSPS) is 12.0. The van der Waals surface area contributed by atoms with Gasteiger partial charge in [-0.05, 0) is 24.6 Å². The van der Waals surface area contributed by atoms with Crippen LogP contribution in [0.3, 0.4) is 0 Å². The molecule has 0 aliphatic carbocycles. The summed E-state index contributed by atoms with van der Waals surface area (Å²) >= 11 is 0. The Balaban J connectivity index is 1.46. The summed E-state index contributed by atoms with van der Waals surface area (Å²) in [5, 5.41) is 3.35. The molecule has 0 bridgehead atoms. The molecule has 0 aliphatic rings. The van der Waals surface area contributed by atoms with Crippen LogP contribution in [0.25, 0.3) is 22.2 Å². The largest absolute Gasteiger partial charge is 0.345 e. The number of carbonyl (C=O) groups excluding carboxylic acids is 1. The van der Waals surface area contributed by atoms with Crippen LogP contribution in [0, 0.1) is 0 Å². The van der Waals surface area contributed by atoms with E-state index in [9.17, 15) is 9.59 Å². The predicted octanol–water partition coefficient (Wildman–Crippen LogP) is 2.66. The molecule has 0 saturated heterocycles. The van der Waals surface area contributed by atoms with Crippen LogP contribution in [-0.4, -0.2) is 25.4 Å². The molecule has 2 N–H and O–H groups in total. The summed E-state index contributed by atoms with van der Waals surface area (Å²) in [7, 11) is 0. The number of H-pyrrole nitrogens is 1. The van der Waals surface area contributed by atoms with Crippen molar-refractivity contribution in [3.05, 3.63) is 83.3 Å². The zero-order valence-corrected chi connectivity index (χ0v) is 15.3. The Morgan fingerprint density at radius 3 is 2.68 bits per heavy atom. The maximum absolute atomic E-state index is 12.5. The molecular weight excluding hydrogens is 354 g/mol. The Kier molecular flexibility index (Phi) is 4.72.